The van der Waals surface area contributed by atoms with Crippen LogP contribution in [-0.4, -0.2) is 60.8 Å². The molecule has 0 spiro atoms. The van der Waals surface area contributed by atoms with Crippen LogP contribution in [0.3, 0.4) is 0 Å². The van der Waals surface area contributed by atoms with Crippen molar-refractivity contribution in [2.45, 2.75) is 26.9 Å². The summed E-state index contributed by atoms with van der Waals surface area (Å²) in [5.41, 5.74) is 3.40. The number of aromatic nitrogens is 5. The van der Waals surface area contributed by atoms with Crippen LogP contribution in [0.4, 0.5) is 0 Å². The van der Waals surface area contributed by atoms with E-state index in [9.17, 15) is 9.59 Å². The van der Waals surface area contributed by atoms with Crippen LogP contribution in [0.25, 0.3) is 16.9 Å². The third-order valence-corrected chi connectivity index (χ3v) is 6.56. The molecule has 168 valence electrons. The summed E-state index contributed by atoms with van der Waals surface area (Å²) in [4.78, 5) is 33.5. The summed E-state index contributed by atoms with van der Waals surface area (Å²) in [6.45, 7) is 8.66. The first kappa shape index (κ1) is 20.7. The molecule has 1 saturated heterocycles. The van der Waals surface area contributed by atoms with Gasteiger partial charge in [-0.05, 0) is 19.4 Å². The van der Waals surface area contributed by atoms with E-state index in [0.29, 0.717) is 49.8 Å². The Morgan fingerprint density at radius 2 is 1.69 bits per heavy atom. The molecule has 4 heterocycles. The molecule has 32 heavy (non-hydrogen) atoms. The van der Waals surface area contributed by atoms with Gasteiger partial charge < -0.3 is 9.30 Å². The highest BCUT2D eigenvalue weighted by Crippen LogP contribution is 2.21. The van der Waals surface area contributed by atoms with Gasteiger partial charge in [-0.2, -0.15) is 4.98 Å². The van der Waals surface area contributed by atoms with Crippen LogP contribution in [0.5, 0.6) is 0 Å². The monoisotopic (exact) mass is 436 g/mol. The van der Waals surface area contributed by atoms with E-state index in [1.165, 1.54) is 9.13 Å². The Labute approximate surface area is 185 Å². The van der Waals surface area contributed by atoms with Crippen molar-refractivity contribution in [3.63, 3.8) is 0 Å². The van der Waals surface area contributed by atoms with Gasteiger partial charge in [0, 0.05) is 44.6 Å². The number of nitrogens with zero attached hydrogens (tertiary/aromatic N) is 6. The minimum absolute atomic E-state index is 0.288. The first-order valence-electron chi connectivity index (χ1n) is 11.0. The second-order valence-corrected chi connectivity index (χ2v) is 8.41. The molecule has 0 N–H and O–H groups in total. The molecule has 1 aliphatic rings. The second-order valence-electron chi connectivity index (χ2n) is 8.41. The summed E-state index contributed by atoms with van der Waals surface area (Å²) in [5, 5.41) is 0. The summed E-state index contributed by atoms with van der Waals surface area (Å²) in [7, 11) is 1.69. The SMILES string of the molecule is Cc1c(C)n2c3c(=O)n(CCN4CCOCC4)c(=O)n(C)c3nc2n1Cc1ccccc1. The van der Waals surface area contributed by atoms with E-state index in [4.69, 9.17) is 9.72 Å². The van der Waals surface area contributed by atoms with Crippen molar-refractivity contribution in [2.75, 3.05) is 32.8 Å². The number of aryl methyl sites for hydroxylation is 2. The van der Waals surface area contributed by atoms with Gasteiger partial charge >= 0.3 is 5.69 Å². The highest BCUT2D eigenvalue weighted by atomic mass is 16.5. The van der Waals surface area contributed by atoms with Crippen LogP contribution < -0.4 is 11.2 Å². The van der Waals surface area contributed by atoms with Crippen LogP contribution >= 0.6 is 0 Å². The van der Waals surface area contributed by atoms with Crippen molar-refractivity contribution < 1.29 is 4.74 Å². The molecule has 0 amide bonds. The topological polar surface area (TPSA) is 78.7 Å². The smallest absolute Gasteiger partial charge is 0.332 e. The summed E-state index contributed by atoms with van der Waals surface area (Å²) in [6, 6.07) is 10.2. The van der Waals surface area contributed by atoms with Crippen molar-refractivity contribution in [2.24, 2.45) is 7.05 Å². The third kappa shape index (κ3) is 3.28. The largest absolute Gasteiger partial charge is 0.379 e. The molecule has 0 atom stereocenters. The van der Waals surface area contributed by atoms with E-state index >= 15 is 0 Å². The minimum atomic E-state index is -0.333. The van der Waals surface area contributed by atoms with Crippen LogP contribution in [0.1, 0.15) is 17.0 Å². The van der Waals surface area contributed by atoms with E-state index in [-0.39, 0.29) is 11.2 Å². The van der Waals surface area contributed by atoms with Crippen molar-refractivity contribution in [3.8, 4) is 0 Å². The Balaban J connectivity index is 1.64. The number of fused-ring (bicyclic) bond motifs is 3. The lowest BCUT2D eigenvalue weighted by molar-refractivity contribution is 0.0361. The molecule has 0 saturated carbocycles. The lowest BCUT2D eigenvalue weighted by atomic mass is 10.2. The predicted octanol–water partition coefficient (Wildman–Crippen LogP) is 1.15. The zero-order chi connectivity index (χ0) is 22.4. The zero-order valence-electron chi connectivity index (χ0n) is 18.7. The average molecular weight is 437 g/mol. The molecule has 1 fully saturated rings. The molecule has 0 aliphatic carbocycles. The molecule has 1 aromatic carbocycles. The van der Waals surface area contributed by atoms with Crippen LogP contribution in [0.15, 0.2) is 39.9 Å². The summed E-state index contributed by atoms with van der Waals surface area (Å²) in [6.07, 6.45) is 0. The summed E-state index contributed by atoms with van der Waals surface area (Å²) >= 11 is 0. The molecular formula is C23H28N6O3. The first-order valence-corrected chi connectivity index (χ1v) is 11.0. The average Bonchev–Trinajstić information content (AvgIpc) is 3.31. The van der Waals surface area contributed by atoms with Gasteiger partial charge in [0.1, 0.15) is 0 Å². The van der Waals surface area contributed by atoms with E-state index in [0.717, 1.165) is 30.0 Å². The Morgan fingerprint density at radius 3 is 2.41 bits per heavy atom. The number of imidazole rings is 2. The molecular weight excluding hydrogens is 408 g/mol. The minimum Gasteiger partial charge on any atom is -0.379 e. The number of hydrogen-bond donors (Lipinski definition) is 0. The van der Waals surface area contributed by atoms with E-state index in [2.05, 4.69) is 21.6 Å². The molecule has 1 aliphatic heterocycles. The fourth-order valence-electron chi connectivity index (χ4n) is 4.53. The van der Waals surface area contributed by atoms with Gasteiger partial charge in [-0.25, -0.2) is 4.79 Å². The normalized spacial score (nSPS) is 15.2. The number of morpholine rings is 1. The van der Waals surface area contributed by atoms with E-state index in [1.54, 1.807) is 7.05 Å². The van der Waals surface area contributed by atoms with Crippen LogP contribution in [-0.2, 0) is 24.9 Å². The maximum atomic E-state index is 13.5. The van der Waals surface area contributed by atoms with Gasteiger partial charge in [0.15, 0.2) is 11.2 Å². The third-order valence-electron chi connectivity index (χ3n) is 6.56. The number of benzene rings is 1. The fourth-order valence-corrected chi connectivity index (χ4v) is 4.53. The highest BCUT2D eigenvalue weighted by molar-refractivity contribution is 5.76. The maximum absolute atomic E-state index is 13.5. The Kier molecular flexibility index (Phi) is 5.22. The van der Waals surface area contributed by atoms with Gasteiger partial charge in [0.2, 0.25) is 5.78 Å². The lowest BCUT2D eigenvalue weighted by Gasteiger charge is -2.26. The molecule has 0 unspecified atom stereocenters. The molecule has 9 nitrogen and oxygen atoms in total. The Morgan fingerprint density at radius 1 is 0.969 bits per heavy atom. The zero-order valence-corrected chi connectivity index (χ0v) is 18.7. The van der Waals surface area contributed by atoms with E-state index in [1.807, 2.05) is 36.4 Å². The van der Waals surface area contributed by atoms with Gasteiger partial charge in [0.25, 0.3) is 5.56 Å². The quantitative estimate of drug-likeness (QED) is 0.469. The lowest BCUT2D eigenvalue weighted by Crippen LogP contribution is -2.44. The number of ether oxygens (including phenoxy) is 1. The van der Waals surface area contributed by atoms with Crippen molar-refractivity contribution in [1.82, 2.24) is 28.0 Å². The van der Waals surface area contributed by atoms with Crippen molar-refractivity contribution in [1.29, 1.82) is 0 Å². The molecule has 0 radical (unpaired) electrons. The standard InChI is InChI=1S/C23H28N6O3/c1-16-17(2)29-19-20(24-22(29)28(16)15-18-7-5-4-6-8-18)25(3)23(31)27(21(19)30)10-9-26-11-13-32-14-12-26/h4-8H,9-15H2,1-3H3. The van der Waals surface area contributed by atoms with Crippen LogP contribution in [0, 0.1) is 13.8 Å². The number of hydrogen-bond acceptors (Lipinski definition) is 5. The molecule has 4 aromatic rings. The molecule has 9 heteroatoms. The molecule has 3 aromatic heterocycles. The maximum Gasteiger partial charge on any atom is 0.332 e. The van der Waals surface area contributed by atoms with E-state index < -0.39 is 0 Å². The van der Waals surface area contributed by atoms with Gasteiger partial charge in [-0.15, -0.1) is 0 Å². The van der Waals surface area contributed by atoms with Crippen molar-refractivity contribution >= 4 is 16.9 Å². The highest BCUT2D eigenvalue weighted by Gasteiger charge is 2.23. The summed E-state index contributed by atoms with van der Waals surface area (Å²) < 4.78 is 12.2. The van der Waals surface area contributed by atoms with Gasteiger partial charge in [-0.3, -0.25) is 23.2 Å². The fraction of sp³-hybridized carbons (Fsp3) is 0.435. The van der Waals surface area contributed by atoms with Crippen LogP contribution in [0.2, 0.25) is 0 Å². The Hall–Kier alpha value is -3.17. The summed E-state index contributed by atoms with van der Waals surface area (Å²) in [5.74, 6) is 0.678. The van der Waals surface area contributed by atoms with Gasteiger partial charge in [0.05, 0.1) is 19.8 Å². The van der Waals surface area contributed by atoms with Crippen molar-refractivity contribution in [3.05, 3.63) is 68.1 Å². The molecule has 0 bridgehead atoms. The first-order chi connectivity index (χ1) is 15.5. The predicted molar refractivity (Wildman–Crippen MR) is 122 cm³/mol. The van der Waals surface area contributed by atoms with Gasteiger partial charge in [-0.1, -0.05) is 30.3 Å². The molecule has 5 rings (SSSR count). The number of rotatable bonds is 5. The Bertz CT molecular complexity index is 1400. The second kappa shape index (κ2) is 8.07.